The van der Waals surface area contributed by atoms with E-state index in [1.807, 2.05) is 18.2 Å². The fourth-order valence-electron chi connectivity index (χ4n) is 4.26. The van der Waals surface area contributed by atoms with E-state index in [1.165, 1.54) is 24.3 Å². The summed E-state index contributed by atoms with van der Waals surface area (Å²) in [6.45, 7) is 5.26. The van der Waals surface area contributed by atoms with Gasteiger partial charge in [0.1, 0.15) is 11.3 Å². The molecule has 2 aromatic carbocycles. The van der Waals surface area contributed by atoms with Crippen LogP contribution >= 0.6 is 0 Å². The SMILES string of the molecule is Cc1c(NC(=O)c2cccc(OC(F)(F)F)c2)ccc2nc(NC(C)(C)C(=O)N(C)CCc3ccccn3)oc(=O)c12. The minimum atomic E-state index is -4.91. The topological polar surface area (TPSA) is 127 Å². The highest BCUT2D eigenvalue weighted by molar-refractivity contribution is 6.06. The van der Waals surface area contributed by atoms with Gasteiger partial charge in [0.25, 0.3) is 11.9 Å². The third-order valence-corrected chi connectivity index (χ3v) is 6.37. The number of aromatic nitrogens is 2. The van der Waals surface area contributed by atoms with E-state index in [4.69, 9.17) is 4.42 Å². The van der Waals surface area contributed by atoms with Gasteiger partial charge in [0, 0.05) is 43.2 Å². The lowest BCUT2D eigenvalue weighted by molar-refractivity contribution is -0.274. The number of nitrogens with zero attached hydrogens (tertiary/aromatic N) is 3. The van der Waals surface area contributed by atoms with E-state index in [2.05, 4.69) is 25.3 Å². The van der Waals surface area contributed by atoms with Gasteiger partial charge in [-0.15, -0.1) is 13.2 Å². The summed E-state index contributed by atoms with van der Waals surface area (Å²) in [7, 11) is 1.66. The monoisotopic (exact) mass is 583 g/mol. The van der Waals surface area contributed by atoms with Gasteiger partial charge in [0.15, 0.2) is 0 Å². The Morgan fingerprint density at radius 3 is 2.52 bits per heavy atom. The van der Waals surface area contributed by atoms with Crippen molar-refractivity contribution in [2.45, 2.75) is 39.1 Å². The van der Waals surface area contributed by atoms with Crippen LogP contribution in [0.5, 0.6) is 5.75 Å². The lowest BCUT2D eigenvalue weighted by Gasteiger charge is -2.30. The molecule has 0 atom stereocenters. The van der Waals surface area contributed by atoms with Gasteiger partial charge in [0.05, 0.1) is 10.9 Å². The van der Waals surface area contributed by atoms with Crippen molar-refractivity contribution in [3.8, 4) is 5.75 Å². The second-order valence-electron chi connectivity index (χ2n) is 10.0. The van der Waals surface area contributed by atoms with Gasteiger partial charge in [-0.3, -0.25) is 14.6 Å². The van der Waals surface area contributed by atoms with Crippen molar-refractivity contribution >= 4 is 34.4 Å². The lowest BCUT2D eigenvalue weighted by Crippen LogP contribution is -2.49. The number of hydrogen-bond donors (Lipinski definition) is 2. The Hall–Kier alpha value is -4.94. The van der Waals surface area contributed by atoms with Crippen LogP contribution in [0, 0.1) is 6.92 Å². The number of amides is 2. The first-order valence-corrected chi connectivity index (χ1v) is 12.8. The van der Waals surface area contributed by atoms with Gasteiger partial charge in [-0.05, 0) is 68.8 Å². The van der Waals surface area contributed by atoms with Crippen LogP contribution in [0.4, 0.5) is 24.9 Å². The molecular weight excluding hydrogens is 555 g/mol. The Balaban J connectivity index is 1.49. The van der Waals surface area contributed by atoms with Gasteiger partial charge < -0.3 is 24.7 Å². The van der Waals surface area contributed by atoms with Crippen molar-refractivity contribution in [3.05, 3.63) is 88.0 Å². The second kappa shape index (κ2) is 11.9. The van der Waals surface area contributed by atoms with Crippen LogP contribution in [-0.4, -0.2) is 52.2 Å². The first-order chi connectivity index (χ1) is 19.7. The molecule has 0 aliphatic carbocycles. The van der Waals surface area contributed by atoms with Crippen molar-refractivity contribution in [2.75, 3.05) is 24.2 Å². The quantitative estimate of drug-likeness (QED) is 0.284. The van der Waals surface area contributed by atoms with E-state index in [9.17, 15) is 27.6 Å². The number of hydrogen-bond acceptors (Lipinski definition) is 8. The van der Waals surface area contributed by atoms with E-state index < -0.39 is 29.2 Å². The lowest BCUT2D eigenvalue weighted by atomic mass is 10.0. The molecular formula is C29H28F3N5O5. The molecule has 2 amide bonds. The summed E-state index contributed by atoms with van der Waals surface area (Å²) in [4.78, 5) is 49.0. The predicted molar refractivity (Wildman–Crippen MR) is 149 cm³/mol. The maximum atomic E-state index is 13.1. The fourth-order valence-corrected chi connectivity index (χ4v) is 4.26. The molecule has 42 heavy (non-hydrogen) atoms. The Morgan fingerprint density at radius 1 is 1.07 bits per heavy atom. The van der Waals surface area contributed by atoms with Crippen LogP contribution in [0.25, 0.3) is 10.9 Å². The Kier molecular flexibility index (Phi) is 8.50. The predicted octanol–water partition coefficient (Wildman–Crippen LogP) is 4.93. The number of ether oxygens (including phenoxy) is 1. The Bertz CT molecular complexity index is 1670. The number of nitrogens with one attached hydrogen (secondary N) is 2. The summed E-state index contributed by atoms with van der Waals surface area (Å²) in [5.74, 6) is -1.52. The van der Waals surface area contributed by atoms with Crippen molar-refractivity contribution in [1.29, 1.82) is 0 Å². The van der Waals surface area contributed by atoms with E-state index in [-0.39, 0.29) is 34.1 Å². The van der Waals surface area contributed by atoms with Gasteiger partial charge in [-0.2, -0.15) is 4.98 Å². The molecule has 0 aliphatic heterocycles. The van der Waals surface area contributed by atoms with Gasteiger partial charge in [-0.25, -0.2) is 4.79 Å². The average Bonchev–Trinajstić information content (AvgIpc) is 2.92. The number of alkyl halides is 3. The number of likely N-dealkylation sites (N-methyl/N-ethyl adjacent to an activating group) is 1. The van der Waals surface area contributed by atoms with Crippen LogP contribution in [-0.2, 0) is 11.2 Å². The molecule has 4 rings (SSSR count). The van der Waals surface area contributed by atoms with Crippen LogP contribution in [0.3, 0.4) is 0 Å². The van der Waals surface area contributed by atoms with E-state index in [1.54, 1.807) is 38.9 Å². The summed E-state index contributed by atoms with van der Waals surface area (Å²) in [6, 6.07) is 13.0. The van der Waals surface area contributed by atoms with Crippen LogP contribution in [0.1, 0.15) is 35.5 Å². The third kappa shape index (κ3) is 7.22. The van der Waals surface area contributed by atoms with Gasteiger partial charge in [-0.1, -0.05) is 12.1 Å². The Labute approximate surface area is 238 Å². The molecule has 0 saturated heterocycles. The molecule has 0 fully saturated rings. The summed E-state index contributed by atoms with van der Waals surface area (Å²) in [5.41, 5.74) is -0.365. The number of carbonyl (C=O) groups is 2. The molecule has 2 heterocycles. The highest BCUT2D eigenvalue weighted by Crippen LogP contribution is 2.27. The van der Waals surface area contributed by atoms with E-state index in [0.29, 0.717) is 18.5 Å². The normalized spacial score (nSPS) is 11.7. The molecule has 13 heteroatoms. The third-order valence-electron chi connectivity index (χ3n) is 6.37. The molecule has 4 aromatic rings. The molecule has 0 bridgehead atoms. The van der Waals surface area contributed by atoms with Crippen LogP contribution in [0.15, 0.2) is 70.0 Å². The van der Waals surface area contributed by atoms with Crippen molar-refractivity contribution in [3.63, 3.8) is 0 Å². The maximum absolute atomic E-state index is 13.1. The van der Waals surface area contributed by atoms with E-state index in [0.717, 1.165) is 17.8 Å². The summed E-state index contributed by atoms with van der Waals surface area (Å²) >= 11 is 0. The summed E-state index contributed by atoms with van der Waals surface area (Å²) in [6.07, 6.45) is -2.66. The van der Waals surface area contributed by atoms with Crippen molar-refractivity contribution in [2.24, 2.45) is 0 Å². The zero-order valence-electron chi connectivity index (χ0n) is 23.2. The number of benzene rings is 2. The molecule has 0 aliphatic rings. The first kappa shape index (κ1) is 30.0. The number of rotatable bonds is 9. The molecule has 0 unspecified atom stereocenters. The standard InChI is InChI=1S/C29H28F3N5O5/c1-17-21(34-24(38)18-8-7-10-20(16-18)42-29(30,31)32)11-12-22-23(17)25(39)41-27(35-22)36-28(2,3)26(40)37(4)15-13-19-9-5-6-14-33-19/h5-12,14,16H,13,15H2,1-4H3,(H,34,38)(H,35,36). The molecule has 0 radical (unpaired) electrons. The maximum Gasteiger partial charge on any atom is 0.573 e. The smallest absolute Gasteiger partial charge is 0.406 e. The Morgan fingerprint density at radius 2 is 1.83 bits per heavy atom. The minimum Gasteiger partial charge on any atom is -0.406 e. The summed E-state index contributed by atoms with van der Waals surface area (Å²) in [5, 5.41) is 5.57. The van der Waals surface area contributed by atoms with Crippen LogP contribution < -0.4 is 21.0 Å². The molecule has 0 spiro atoms. The van der Waals surface area contributed by atoms with Crippen molar-refractivity contribution in [1.82, 2.24) is 14.9 Å². The van der Waals surface area contributed by atoms with E-state index >= 15 is 0 Å². The molecule has 0 saturated carbocycles. The van der Waals surface area contributed by atoms with Crippen LogP contribution in [0.2, 0.25) is 0 Å². The number of carbonyl (C=O) groups excluding carboxylic acids is 2. The average molecular weight is 584 g/mol. The number of fused-ring (bicyclic) bond motifs is 1. The highest BCUT2D eigenvalue weighted by atomic mass is 19.4. The molecule has 220 valence electrons. The van der Waals surface area contributed by atoms with Gasteiger partial charge >= 0.3 is 12.0 Å². The zero-order chi connectivity index (χ0) is 30.7. The summed E-state index contributed by atoms with van der Waals surface area (Å²) < 4.78 is 46.9. The molecule has 2 N–H and O–H groups in total. The minimum absolute atomic E-state index is 0.0853. The first-order valence-electron chi connectivity index (χ1n) is 12.8. The van der Waals surface area contributed by atoms with Crippen molar-refractivity contribution < 1.29 is 31.9 Å². The highest BCUT2D eigenvalue weighted by Gasteiger charge is 2.32. The number of anilines is 2. The number of halogens is 3. The van der Waals surface area contributed by atoms with Gasteiger partial charge in [0.2, 0.25) is 5.91 Å². The number of pyridine rings is 1. The number of aryl methyl sites for hydroxylation is 1. The molecule has 2 aromatic heterocycles. The zero-order valence-corrected chi connectivity index (χ0v) is 23.2. The molecule has 10 nitrogen and oxygen atoms in total. The fraction of sp³-hybridized carbons (Fsp3) is 0.276. The largest absolute Gasteiger partial charge is 0.573 e. The second-order valence-corrected chi connectivity index (χ2v) is 10.0.